The van der Waals surface area contributed by atoms with Crippen molar-refractivity contribution in [2.45, 2.75) is 13.0 Å². The minimum absolute atomic E-state index is 0.560. The quantitative estimate of drug-likeness (QED) is 0.503. The highest BCUT2D eigenvalue weighted by molar-refractivity contribution is 7.92. The molecule has 1 heterocycles. The first-order valence-corrected chi connectivity index (χ1v) is 13.8. The van der Waals surface area contributed by atoms with Crippen LogP contribution >= 0.6 is 11.3 Å². The number of fused-ring (bicyclic) bond motifs is 1. The van der Waals surface area contributed by atoms with Gasteiger partial charge in [0.05, 0.1) is 12.5 Å². The van der Waals surface area contributed by atoms with E-state index >= 15 is 0 Å². The molecule has 30 heavy (non-hydrogen) atoms. The lowest BCUT2D eigenvalue weighted by atomic mass is 10.1. The summed E-state index contributed by atoms with van der Waals surface area (Å²) in [5.41, 5.74) is 2.26. The molecule has 1 aromatic heterocycles. The summed E-state index contributed by atoms with van der Waals surface area (Å²) in [5.74, 6) is 0. The number of likely N-dealkylation sites (N-methyl/N-ethyl adjacent to an activating group) is 1. The predicted molar refractivity (Wildman–Crippen MR) is 125 cm³/mol. The second-order valence-electron chi connectivity index (χ2n) is 7.40. The molecule has 0 amide bonds. The van der Waals surface area contributed by atoms with Crippen LogP contribution in [0, 0.1) is 0 Å². The summed E-state index contributed by atoms with van der Waals surface area (Å²) in [4.78, 5) is 3.43. The number of thiophene rings is 1. The molecule has 0 aliphatic carbocycles. The third-order valence-electron chi connectivity index (χ3n) is 4.34. The van der Waals surface area contributed by atoms with Crippen LogP contribution in [0.15, 0.2) is 48.5 Å². The highest BCUT2D eigenvalue weighted by Crippen LogP contribution is 2.29. The Bertz CT molecular complexity index is 1230. The lowest BCUT2D eigenvalue weighted by Gasteiger charge is -2.15. The molecule has 0 atom stereocenters. The topological polar surface area (TPSA) is 95.6 Å². The van der Waals surface area contributed by atoms with Crippen molar-refractivity contribution in [1.82, 2.24) is 4.90 Å². The van der Waals surface area contributed by atoms with Gasteiger partial charge in [0.2, 0.25) is 20.0 Å². The molecule has 0 aliphatic rings. The number of benzene rings is 2. The Labute approximate surface area is 181 Å². The number of nitrogens with zero attached hydrogens (tertiary/aromatic N) is 1. The standard InChI is InChI=1S/C20H25N3O4S3/c1-23(11-10-15-4-6-17(7-5-15)21-29(2,24)25)14-19-13-16-12-18(22-30(3,26)27)8-9-20(16)28-19/h4-9,12-13,21-22H,10-11,14H2,1-3H3. The molecular formula is C20H25N3O4S3. The Morgan fingerprint density at radius 3 is 2.10 bits per heavy atom. The van der Waals surface area contributed by atoms with Crippen molar-refractivity contribution in [3.8, 4) is 0 Å². The molecule has 0 radical (unpaired) electrons. The van der Waals surface area contributed by atoms with Gasteiger partial charge in [0.15, 0.2) is 0 Å². The maximum Gasteiger partial charge on any atom is 0.229 e. The molecule has 3 aromatic rings. The number of hydrogen-bond donors (Lipinski definition) is 2. The molecule has 0 spiro atoms. The van der Waals surface area contributed by atoms with Crippen molar-refractivity contribution in [3.63, 3.8) is 0 Å². The molecule has 3 rings (SSSR count). The molecule has 0 saturated carbocycles. The monoisotopic (exact) mass is 467 g/mol. The summed E-state index contributed by atoms with van der Waals surface area (Å²) >= 11 is 1.70. The lowest BCUT2D eigenvalue weighted by Crippen LogP contribution is -2.20. The summed E-state index contributed by atoms with van der Waals surface area (Å²) in [5, 5.41) is 1.02. The van der Waals surface area contributed by atoms with Crippen molar-refractivity contribution in [3.05, 3.63) is 59.0 Å². The smallest absolute Gasteiger partial charge is 0.229 e. The van der Waals surface area contributed by atoms with E-state index in [0.29, 0.717) is 11.4 Å². The number of anilines is 2. The molecule has 2 aromatic carbocycles. The molecule has 10 heteroatoms. The number of sulfonamides is 2. The van der Waals surface area contributed by atoms with E-state index in [1.807, 2.05) is 24.3 Å². The van der Waals surface area contributed by atoms with E-state index < -0.39 is 20.0 Å². The van der Waals surface area contributed by atoms with Crippen molar-refractivity contribution >= 4 is 52.8 Å². The average molecular weight is 468 g/mol. The van der Waals surface area contributed by atoms with E-state index in [9.17, 15) is 16.8 Å². The Kier molecular flexibility index (Phi) is 6.71. The van der Waals surface area contributed by atoms with E-state index in [1.165, 1.54) is 4.88 Å². The van der Waals surface area contributed by atoms with E-state index in [0.717, 1.165) is 47.7 Å². The maximum atomic E-state index is 11.4. The van der Waals surface area contributed by atoms with Crippen molar-refractivity contribution in [2.75, 3.05) is 35.5 Å². The first kappa shape index (κ1) is 22.5. The van der Waals surface area contributed by atoms with Gasteiger partial charge in [0, 0.05) is 34.0 Å². The second-order valence-corrected chi connectivity index (χ2v) is 12.1. The van der Waals surface area contributed by atoms with Crippen molar-refractivity contribution in [2.24, 2.45) is 0 Å². The molecule has 0 bridgehead atoms. The zero-order valence-corrected chi connectivity index (χ0v) is 19.5. The van der Waals surface area contributed by atoms with Crippen molar-refractivity contribution in [1.29, 1.82) is 0 Å². The summed E-state index contributed by atoms with van der Waals surface area (Å²) in [6, 6.07) is 15.0. The average Bonchev–Trinajstić information content (AvgIpc) is 3.00. The molecular weight excluding hydrogens is 442 g/mol. The second kappa shape index (κ2) is 8.93. The zero-order chi connectivity index (χ0) is 21.9. The van der Waals surface area contributed by atoms with Gasteiger partial charge in [-0.2, -0.15) is 0 Å². The highest BCUT2D eigenvalue weighted by Gasteiger charge is 2.08. The Morgan fingerprint density at radius 1 is 0.867 bits per heavy atom. The van der Waals surface area contributed by atoms with Crippen molar-refractivity contribution < 1.29 is 16.8 Å². The number of rotatable bonds is 9. The van der Waals surface area contributed by atoms with Gasteiger partial charge < -0.3 is 4.90 Å². The van der Waals surface area contributed by atoms with Crippen LogP contribution in [0.2, 0.25) is 0 Å². The molecule has 7 nitrogen and oxygen atoms in total. The summed E-state index contributed by atoms with van der Waals surface area (Å²) in [6.07, 6.45) is 3.12. The van der Waals surface area contributed by atoms with E-state index in [-0.39, 0.29) is 0 Å². The minimum Gasteiger partial charge on any atom is -0.301 e. The van der Waals surface area contributed by atoms with Gasteiger partial charge in [-0.15, -0.1) is 11.3 Å². The summed E-state index contributed by atoms with van der Waals surface area (Å²) in [6.45, 7) is 1.65. The van der Waals surface area contributed by atoms with Gasteiger partial charge in [-0.3, -0.25) is 9.44 Å². The highest BCUT2D eigenvalue weighted by atomic mass is 32.2. The fraction of sp³-hybridized carbons (Fsp3) is 0.300. The normalized spacial score (nSPS) is 12.4. The zero-order valence-electron chi connectivity index (χ0n) is 17.0. The van der Waals surface area contributed by atoms with Crippen LogP contribution in [-0.4, -0.2) is 47.8 Å². The molecule has 0 saturated heterocycles. The third kappa shape index (κ3) is 6.98. The summed E-state index contributed by atoms with van der Waals surface area (Å²) < 4.78 is 51.4. The van der Waals surface area contributed by atoms with Gasteiger partial charge in [-0.05, 0) is 60.8 Å². The van der Waals surface area contributed by atoms with Gasteiger partial charge >= 0.3 is 0 Å². The summed E-state index contributed by atoms with van der Waals surface area (Å²) in [7, 11) is -4.50. The van der Waals surface area contributed by atoms with Crippen LogP contribution < -0.4 is 9.44 Å². The Balaban J connectivity index is 1.58. The molecule has 162 valence electrons. The third-order valence-corrected chi connectivity index (χ3v) is 6.65. The molecule has 2 N–H and O–H groups in total. The fourth-order valence-electron chi connectivity index (χ4n) is 3.07. The van der Waals surface area contributed by atoms with Crippen LogP contribution in [-0.2, 0) is 33.0 Å². The van der Waals surface area contributed by atoms with Crippen LogP contribution in [0.25, 0.3) is 10.1 Å². The van der Waals surface area contributed by atoms with Gasteiger partial charge in [0.1, 0.15) is 0 Å². The SMILES string of the molecule is CN(CCc1ccc(NS(C)(=O)=O)cc1)Cc1cc2cc(NS(C)(=O)=O)ccc2s1. The minimum atomic E-state index is -3.29. The van der Waals surface area contributed by atoms with Crippen LogP contribution in [0.5, 0.6) is 0 Å². The van der Waals surface area contributed by atoms with E-state index in [4.69, 9.17) is 0 Å². The molecule has 0 unspecified atom stereocenters. The van der Waals surface area contributed by atoms with Gasteiger partial charge in [-0.25, -0.2) is 16.8 Å². The van der Waals surface area contributed by atoms with E-state index in [1.54, 1.807) is 29.5 Å². The van der Waals surface area contributed by atoms with Crippen LogP contribution in [0.3, 0.4) is 0 Å². The maximum absolute atomic E-state index is 11.4. The van der Waals surface area contributed by atoms with E-state index in [2.05, 4.69) is 27.5 Å². The fourth-order valence-corrected chi connectivity index (χ4v) is 5.32. The molecule has 0 aliphatic heterocycles. The first-order chi connectivity index (χ1) is 14.0. The van der Waals surface area contributed by atoms with Gasteiger partial charge in [0.25, 0.3) is 0 Å². The predicted octanol–water partition coefficient (Wildman–Crippen LogP) is 3.32. The number of nitrogens with one attached hydrogen (secondary N) is 2. The largest absolute Gasteiger partial charge is 0.301 e. The van der Waals surface area contributed by atoms with Crippen LogP contribution in [0.4, 0.5) is 11.4 Å². The Hall–Kier alpha value is -2.14. The van der Waals surface area contributed by atoms with Crippen LogP contribution in [0.1, 0.15) is 10.4 Å². The number of hydrogen-bond acceptors (Lipinski definition) is 6. The van der Waals surface area contributed by atoms with Gasteiger partial charge in [-0.1, -0.05) is 12.1 Å². The first-order valence-electron chi connectivity index (χ1n) is 9.22. The lowest BCUT2D eigenvalue weighted by molar-refractivity contribution is 0.334. The Morgan fingerprint density at radius 2 is 1.47 bits per heavy atom. The molecule has 0 fully saturated rings.